The Kier molecular flexibility index (Phi) is 5.03. The highest BCUT2D eigenvalue weighted by atomic mass is 19.1. The third kappa shape index (κ3) is 2.76. The largest absolute Gasteiger partial charge is 0.396 e. The van der Waals surface area contributed by atoms with Crippen LogP contribution in [-0.4, -0.2) is 28.4 Å². The summed E-state index contributed by atoms with van der Waals surface area (Å²) < 4.78 is 11.0. The molecule has 0 aromatic carbocycles. The van der Waals surface area contributed by atoms with E-state index in [1.165, 1.54) is 4.57 Å². The van der Waals surface area contributed by atoms with E-state index in [1.54, 1.807) is 12.3 Å². The molecule has 2 rings (SSSR count). The van der Waals surface area contributed by atoms with Crippen molar-refractivity contribution >= 4 is 5.82 Å². The number of nitrogens with two attached hydrogens (primary N) is 1. The van der Waals surface area contributed by atoms with Crippen LogP contribution in [0.3, 0.4) is 0 Å². The highest BCUT2D eigenvalue weighted by Gasteiger charge is 2.30. The molecule has 0 saturated heterocycles. The zero-order valence-corrected chi connectivity index (χ0v) is 10.3. The van der Waals surface area contributed by atoms with Crippen molar-refractivity contribution in [1.82, 2.24) is 9.55 Å². The molecule has 0 amide bonds. The number of halogens is 1. The summed E-state index contributed by atoms with van der Waals surface area (Å²) in [7, 11) is 0.500. The number of hydrogen-bond acceptors (Lipinski definition) is 4. The topological polar surface area (TPSA) is 81.1 Å². The molecule has 2 unspecified atom stereocenters. The van der Waals surface area contributed by atoms with Crippen molar-refractivity contribution in [3.05, 3.63) is 34.9 Å². The van der Waals surface area contributed by atoms with Gasteiger partial charge in [-0.25, -0.2) is 4.79 Å². The molecule has 0 radical (unpaired) electrons. The molecule has 0 aliphatic heterocycles. The van der Waals surface area contributed by atoms with Crippen LogP contribution in [0.2, 0.25) is 0 Å². The summed E-state index contributed by atoms with van der Waals surface area (Å²) in [5.74, 6) is 0.318. The van der Waals surface area contributed by atoms with Gasteiger partial charge >= 0.3 is 5.69 Å². The molecule has 0 bridgehead atoms. The van der Waals surface area contributed by atoms with Gasteiger partial charge in [-0.05, 0) is 24.5 Å². The summed E-state index contributed by atoms with van der Waals surface area (Å²) in [6.07, 6.45) is 3.31. The smallest absolute Gasteiger partial charge is 0.350 e. The Morgan fingerprint density at radius 3 is 2.78 bits per heavy atom. The molecular weight excluding hydrogens is 237 g/mol. The summed E-state index contributed by atoms with van der Waals surface area (Å²) >= 11 is 0. The van der Waals surface area contributed by atoms with Gasteiger partial charge in [-0.1, -0.05) is 6.58 Å². The lowest BCUT2D eigenvalue weighted by molar-refractivity contribution is 0.249. The fraction of sp³-hybridized carbons (Fsp3) is 0.500. The van der Waals surface area contributed by atoms with E-state index in [2.05, 4.69) is 11.6 Å². The van der Waals surface area contributed by atoms with Gasteiger partial charge < -0.3 is 10.8 Å². The van der Waals surface area contributed by atoms with E-state index in [0.29, 0.717) is 7.18 Å². The molecule has 3 N–H and O–H groups in total. The van der Waals surface area contributed by atoms with Gasteiger partial charge in [-0.2, -0.15) is 4.98 Å². The number of hydrogen-bond donors (Lipinski definition) is 2. The van der Waals surface area contributed by atoms with Crippen LogP contribution in [0.25, 0.3) is 0 Å². The monoisotopic (exact) mass is 255 g/mol. The molecule has 1 aromatic heterocycles. The lowest BCUT2D eigenvalue weighted by atomic mass is 10.0. The normalized spacial score (nSPS) is 22.5. The first kappa shape index (κ1) is 14.4. The van der Waals surface area contributed by atoms with E-state index in [4.69, 9.17) is 10.8 Å². The maximum atomic E-state index is 11.6. The van der Waals surface area contributed by atoms with Gasteiger partial charge in [0.05, 0.1) is 13.2 Å². The Labute approximate surface area is 105 Å². The van der Waals surface area contributed by atoms with Crippen LogP contribution in [0.4, 0.5) is 10.2 Å². The van der Waals surface area contributed by atoms with Crippen LogP contribution in [0, 0.1) is 5.92 Å². The summed E-state index contributed by atoms with van der Waals surface area (Å²) in [6.45, 7) is 4.04. The average molecular weight is 255 g/mol. The third-order valence-corrected chi connectivity index (χ3v) is 3.15. The SMILES string of the molecule is C=C1C(CO)CCC1n1ccc(N)nc1=O.CF. The Balaban J connectivity index is 0.000000771. The Morgan fingerprint density at radius 1 is 1.61 bits per heavy atom. The van der Waals surface area contributed by atoms with Gasteiger partial charge in [-0.3, -0.25) is 8.96 Å². The van der Waals surface area contributed by atoms with Crippen LogP contribution >= 0.6 is 0 Å². The quantitative estimate of drug-likeness (QED) is 0.770. The molecule has 1 heterocycles. The van der Waals surface area contributed by atoms with Crippen molar-refractivity contribution in [2.24, 2.45) is 5.92 Å². The number of nitrogen functional groups attached to an aromatic ring is 1. The number of aliphatic hydroxyl groups excluding tert-OH is 1. The fourth-order valence-electron chi connectivity index (χ4n) is 2.19. The van der Waals surface area contributed by atoms with E-state index in [-0.39, 0.29) is 30.1 Å². The zero-order chi connectivity index (χ0) is 13.7. The molecule has 2 atom stereocenters. The van der Waals surface area contributed by atoms with Crippen molar-refractivity contribution in [2.75, 3.05) is 19.5 Å². The molecule has 1 aliphatic rings. The standard InChI is InChI=1S/C11H15N3O2.CH3F/c1-7-8(6-15)2-3-9(7)14-5-4-10(12)13-11(14)16;1-2/h4-5,8-9,15H,1-3,6H2,(H2,12,13,16);1H3. The number of anilines is 1. The lowest BCUT2D eigenvalue weighted by Crippen LogP contribution is -2.27. The molecule has 100 valence electrons. The van der Waals surface area contributed by atoms with Crippen LogP contribution in [0.1, 0.15) is 18.9 Å². The minimum Gasteiger partial charge on any atom is -0.396 e. The average Bonchev–Trinajstić information content (AvgIpc) is 2.73. The van der Waals surface area contributed by atoms with Crippen molar-refractivity contribution in [3.63, 3.8) is 0 Å². The number of rotatable bonds is 2. The number of alkyl halides is 1. The maximum absolute atomic E-state index is 11.6. The second-order valence-electron chi connectivity index (χ2n) is 4.09. The zero-order valence-electron chi connectivity index (χ0n) is 10.3. The number of aromatic nitrogens is 2. The van der Waals surface area contributed by atoms with Gasteiger partial charge in [0.2, 0.25) is 0 Å². The van der Waals surface area contributed by atoms with Crippen LogP contribution < -0.4 is 11.4 Å². The van der Waals surface area contributed by atoms with Gasteiger partial charge in [0.1, 0.15) is 5.82 Å². The Bertz CT molecular complexity index is 473. The molecular formula is C12H18FN3O2. The fourth-order valence-corrected chi connectivity index (χ4v) is 2.19. The first-order chi connectivity index (χ1) is 8.63. The van der Waals surface area contributed by atoms with E-state index >= 15 is 0 Å². The minimum absolute atomic E-state index is 0.0576. The summed E-state index contributed by atoms with van der Waals surface area (Å²) in [4.78, 5) is 15.3. The molecule has 1 fully saturated rings. The highest BCUT2D eigenvalue weighted by molar-refractivity contribution is 5.25. The summed E-state index contributed by atoms with van der Waals surface area (Å²) in [5.41, 5.74) is 5.97. The first-order valence-corrected chi connectivity index (χ1v) is 5.65. The first-order valence-electron chi connectivity index (χ1n) is 5.65. The van der Waals surface area contributed by atoms with Crippen molar-refractivity contribution in [1.29, 1.82) is 0 Å². The second kappa shape index (κ2) is 6.30. The van der Waals surface area contributed by atoms with Gasteiger partial charge in [0.25, 0.3) is 0 Å². The number of nitrogens with zero attached hydrogens (tertiary/aromatic N) is 2. The van der Waals surface area contributed by atoms with E-state index in [1.807, 2.05) is 0 Å². The summed E-state index contributed by atoms with van der Waals surface area (Å²) in [5, 5.41) is 9.13. The van der Waals surface area contributed by atoms with Crippen LogP contribution in [-0.2, 0) is 0 Å². The van der Waals surface area contributed by atoms with E-state index in [9.17, 15) is 9.18 Å². The molecule has 1 aliphatic carbocycles. The van der Waals surface area contributed by atoms with E-state index < -0.39 is 0 Å². The van der Waals surface area contributed by atoms with E-state index in [0.717, 1.165) is 18.4 Å². The molecule has 18 heavy (non-hydrogen) atoms. The molecule has 6 heteroatoms. The van der Waals surface area contributed by atoms with Gasteiger partial charge in [0.15, 0.2) is 0 Å². The lowest BCUT2D eigenvalue weighted by Gasteiger charge is -2.16. The second-order valence-corrected chi connectivity index (χ2v) is 4.09. The number of aliphatic hydroxyl groups is 1. The van der Waals surface area contributed by atoms with Crippen molar-refractivity contribution in [2.45, 2.75) is 18.9 Å². The predicted molar refractivity (Wildman–Crippen MR) is 67.9 cm³/mol. The van der Waals surface area contributed by atoms with Crippen molar-refractivity contribution in [3.8, 4) is 0 Å². The Hall–Kier alpha value is -1.69. The third-order valence-electron chi connectivity index (χ3n) is 3.15. The van der Waals surface area contributed by atoms with Crippen LogP contribution in [0.5, 0.6) is 0 Å². The Morgan fingerprint density at radius 2 is 2.28 bits per heavy atom. The molecule has 5 nitrogen and oxygen atoms in total. The predicted octanol–water partition coefficient (Wildman–Crippen LogP) is 0.911. The molecule has 1 saturated carbocycles. The highest BCUT2D eigenvalue weighted by Crippen LogP contribution is 2.37. The van der Waals surface area contributed by atoms with Crippen molar-refractivity contribution < 1.29 is 9.50 Å². The molecule has 1 aromatic rings. The van der Waals surface area contributed by atoms with Gasteiger partial charge in [-0.15, -0.1) is 0 Å². The van der Waals surface area contributed by atoms with Gasteiger partial charge in [0, 0.05) is 18.7 Å². The van der Waals surface area contributed by atoms with Crippen LogP contribution in [0.15, 0.2) is 29.2 Å². The summed E-state index contributed by atoms with van der Waals surface area (Å²) in [6, 6.07) is 1.54. The minimum atomic E-state index is -0.357. The molecule has 0 spiro atoms. The maximum Gasteiger partial charge on any atom is 0.350 e.